The van der Waals surface area contributed by atoms with Crippen LogP contribution in [0.4, 0.5) is 0 Å². The molecule has 0 saturated heterocycles. The Kier molecular flexibility index (Phi) is 5.10. The molecule has 0 amide bonds. The summed E-state index contributed by atoms with van der Waals surface area (Å²) in [5.41, 5.74) is 2.17. The minimum absolute atomic E-state index is 0.348. The summed E-state index contributed by atoms with van der Waals surface area (Å²) in [6, 6.07) is 3.94. The molecule has 1 aromatic rings. The lowest BCUT2D eigenvalue weighted by Crippen LogP contribution is -2.31. The van der Waals surface area contributed by atoms with Gasteiger partial charge in [-0.15, -0.1) is 0 Å². The van der Waals surface area contributed by atoms with Crippen molar-refractivity contribution < 1.29 is 9.90 Å². The molecule has 1 atom stereocenters. The molecular weight excluding hydrogens is 216 g/mol. The van der Waals surface area contributed by atoms with Crippen LogP contribution in [-0.2, 0) is 11.3 Å². The van der Waals surface area contributed by atoms with Gasteiger partial charge in [0.2, 0.25) is 0 Å². The third kappa shape index (κ3) is 4.15. The fraction of sp³-hybridized carbons (Fsp3) is 0.538. The Labute approximate surface area is 102 Å². The van der Waals surface area contributed by atoms with Crippen molar-refractivity contribution in [2.75, 3.05) is 13.1 Å². The Morgan fingerprint density at radius 1 is 1.59 bits per heavy atom. The first-order valence-corrected chi connectivity index (χ1v) is 5.90. The number of aromatic nitrogens is 1. The van der Waals surface area contributed by atoms with E-state index in [0.29, 0.717) is 13.1 Å². The molecule has 0 fully saturated rings. The molecule has 1 unspecified atom stereocenters. The second-order valence-electron chi connectivity index (χ2n) is 4.33. The molecule has 1 aromatic heterocycles. The monoisotopic (exact) mass is 236 g/mol. The van der Waals surface area contributed by atoms with E-state index in [0.717, 1.165) is 17.8 Å². The normalized spacial score (nSPS) is 12.7. The minimum atomic E-state index is -0.749. The van der Waals surface area contributed by atoms with Gasteiger partial charge in [-0.25, -0.2) is 0 Å². The molecule has 0 aliphatic rings. The Balaban J connectivity index is 2.64. The molecule has 4 nitrogen and oxygen atoms in total. The number of hydrogen-bond donors (Lipinski definition) is 1. The molecule has 0 aromatic carbocycles. The first-order valence-electron chi connectivity index (χ1n) is 5.90. The highest BCUT2D eigenvalue weighted by Crippen LogP contribution is 2.09. The third-order valence-electron chi connectivity index (χ3n) is 2.89. The van der Waals surface area contributed by atoms with Gasteiger partial charge in [-0.2, -0.15) is 0 Å². The van der Waals surface area contributed by atoms with Crippen LogP contribution in [0.5, 0.6) is 0 Å². The fourth-order valence-corrected chi connectivity index (χ4v) is 1.67. The van der Waals surface area contributed by atoms with E-state index in [1.54, 1.807) is 13.1 Å². The highest BCUT2D eigenvalue weighted by atomic mass is 16.4. The van der Waals surface area contributed by atoms with Crippen LogP contribution in [0.1, 0.15) is 25.1 Å². The summed E-state index contributed by atoms with van der Waals surface area (Å²) in [7, 11) is 0. The number of carboxylic acid groups (broad SMARTS) is 1. The maximum Gasteiger partial charge on any atom is 0.307 e. The van der Waals surface area contributed by atoms with Gasteiger partial charge in [0.05, 0.1) is 11.6 Å². The van der Waals surface area contributed by atoms with E-state index >= 15 is 0 Å². The van der Waals surface area contributed by atoms with Crippen molar-refractivity contribution in [3.63, 3.8) is 0 Å². The number of aliphatic carboxylic acids is 1. The van der Waals surface area contributed by atoms with Gasteiger partial charge in [0.15, 0.2) is 0 Å². The van der Waals surface area contributed by atoms with E-state index in [-0.39, 0.29) is 5.92 Å². The number of pyridine rings is 1. The Hall–Kier alpha value is -1.42. The molecule has 0 aliphatic heterocycles. The molecule has 1 heterocycles. The van der Waals surface area contributed by atoms with Crippen LogP contribution in [0, 0.1) is 12.8 Å². The van der Waals surface area contributed by atoms with Gasteiger partial charge < -0.3 is 5.11 Å². The second kappa shape index (κ2) is 6.35. The summed E-state index contributed by atoms with van der Waals surface area (Å²) in [6.07, 6.45) is 1.77. The lowest BCUT2D eigenvalue weighted by molar-refractivity contribution is -0.141. The number of aryl methyl sites for hydroxylation is 1. The van der Waals surface area contributed by atoms with Crippen LogP contribution in [0.25, 0.3) is 0 Å². The van der Waals surface area contributed by atoms with E-state index in [4.69, 9.17) is 5.11 Å². The first-order chi connectivity index (χ1) is 8.04. The zero-order valence-electron chi connectivity index (χ0n) is 10.7. The van der Waals surface area contributed by atoms with Crippen LogP contribution in [0.3, 0.4) is 0 Å². The predicted molar refractivity (Wildman–Crippen MR) is 66.7 cm³/mol. The molecule has 0 radical (unpaired) electrons. The summed E-state index contributed by atoms with van der Waals surface area (Å²) < 4.78 is 0. The van der Waals surface area contributed by atoms with Crippen LogP contribution >= 0.6 is 0 Å². The Morgan fingerprint density at radius 3 is 2.82 bits per heavy atom. The van der Waals surface area contributed by atoms with E-state index in [9.17, 15) is 4.79 Å². The molecule has 4 heteroatoms. The molecule has 94 valence electrons. The van der Waals surface area contributed by atoms with Crippen LogP contribution in [0.2, 0.25) is 0 Å². The topological polar surface area (TPSA) is 53.4 Å². The van der Waals surface area contributed by atoms with Crippen molar-refractivity contribution in [1.29, 1.82) is 0 Å². The van der Waals surface area contributed by atoms with E-state index in [2.05, 4.69) is 9.88 Å². The van der Waals surface area contributed by atoms with E-state index < -0.39 is 5.97 Å². The van der Waals surface area contributed by atoms with Crippen LogP contribution in [0.15, 0.2) is 18.3 Å². The number of carbonyl (C=O) groups is 1. The van der Waals surface area contributed by atoms with Gasteiger partial charge in [0.25, 0.3) is 0 Å². The summed E-state index contributed by atoms with van der Waals surface area (Å²) >= 11 is 0. The maximum absolute atomic E-state index is 10.8. The zero-order valence-corrected chi connectivity index (χ0v) is 10.7. The van der Waals surface area contributed by atoms with Crippen LogP contribution < -0.4 is 0 Å². The highest BCUT2D eigenvalue weighted by Gasteiger charge is 2.16. The molecule has 0 aliphatic carbocycles. The van der Waals surface area contributed by atoms with Crippen molar-refractivity contribution in [2.45, 2.75) is 27.3 Å². The Morgan fingerprint density at radius 2 is 2.29 bits per heavy atom. The molecular formula is C13H20N2O2. The van der Waals surface area contributed by atoms with Crippen molar-refractivity contribution >= 4 is 5.97 Å². The zero-order chi connectivity index (χ0) is 12.8. The standard InChI is InChI=1S/C13H20N2O2/c1-4-15(8-11(3)13(16)17)9-12-10(2)6-5-7-14-12/h5-7,11H,4,8-9H2,1-3H3,(H,16,17). The third-order valence-corrected chi connectivity index (χ3v) is 2.89. The van der Waals surface area contributed by atoms with Gasteiger partial charge in [-0.3, -0.25) is 14.7 Å². The van der Waals surface area contributed by atoms with Gasteiger partial charge in [0, 0.05) is 19.3 Å². The summed E-state index contributed by atoms with van der Waals surface area (Å²) in [4.78, 5) is 17.3. The SMILES string of the molecule is CCN(Cc1ncccc1C)CC(C)C(=O)O. The largest absolute Gasteiger partial charge is 0.481 e. The smallest absolute Gasteiger partial charge is 0.307 e. The molecule has 1 rings (SSSR count). The van der Waals surface area contributed by atoms with Crippen LogP contribution in [-0.4, -0.2) is 34.0 Å². The summed E-state index contributed by atoms with van der Waals surface area (Å²) in [5.74, 6) is -1.10. The van der Waals surface area contributed by atoms with Crippen molar-refractivity contribution in [1.82, 2.24) is 9.88 Å². The average molecular weight is 236 g/mol. The van der Waals surface area contributed by atoms with E-state index in [1.165, 1.54) is 0 Å². The highest BCUT2D eigenvalue weighted by molar-refractivity contribution is 5.69. The number of nitrogens with zero attached hydrogens (tertiary/aromatic N) is 2. The second-order valence-corrected chi connectivity index (χ2v) is 4.33. The quantitative estimate of drug-likeness (QED) is 0.820. The molecule has 0 bridgehead atoms. The lowest BCUT2D eigenvalue weighted by Gasteiger charge is -2.22. The number of carboxylic acids is 1. The summed E-state index contributed by atoms with van der Waals surface area (Å²) in [5, 5.41) is 8.90. The first kappa shape index (κ1) is 13.6. The Bertz CT molecular complexity index is 379. The van der Waals surface area contributed by atoms with Crippen molar-refractivity contribution in [3.05, 3.63) is 29.6 Å². The molecule has 0 spiro atoms. The number of rotatable bonds is 6. The molecule has 17 heavy (non-hydrogen) atoms. The fourth-order valence-electron chi connectivity index (χ4n) is 1.67. The maximum atomic E-state index is 10.8. The van der Waals surface area contributed by atoms with E-state index in [1.807, 2.05) is 26.0 Å². The van der Waals surface area contributed by atoms with Crippen molar-refractivity contribution in [2.24, 2.45) is 5.92 Å². The van der Waals surface area contributed by atoms with Gasteiger partial charge in [-0.1, -0.05) is 19.9 Å². The van der Waals surface area contributed by atoms with Gasteiger partial charge in [-0.05, 0) is 25.1 Å². The van der Waals surface area contributed by atoms with Gasteiger partial charge in [0.1, 0.15) is 0 Å². The minimum Gasteiger partial charge on any atom is -0.481 e. The lowest BCUT2D eigenvalue weighted by atomic mass is 10.1. The average Bonchev–Trinajstić information content (AvgIpc) is 2.30. The van der Waals surface area contributed by atoms with Gasteiger partial charge >= 0.3 is 5.97 Å². The van der Waals surface area contributed by atoms with Crippen molar-refractivity contribution in [3.8, 4) is 0 Å². The number of hydrogen-bond acceptors (Lipinski definition) is 3. The molecule has 1 N–H and O–H groups in total. The summed E-state index contributed by atoms with van der Waals surface area (Å²) in [6.45, 7) is 7.89. The predicted octanol–water partition coefficient (Wildman–Crippen LogP) is 1.93. The molecule has 0 saturated carbocycles.